The predicted molar refractivity (Wildman–Crippen MR) is 169 cm³/mol. The molecular weight excluding hydrogens is 602 g/mol. The van der Waals surface area contributed by atoms with Crippen molar-refractivity contribution in [2.75, 3.05) is 45.3 Å². The van der Waals surface area contributed by atoms with E-state index in [2.05, 4.69) is 26.6 Å². The molecule has 0 aliphatic rings. The highest BCUT2D eigenvalue weighted by Crippen LogP contribution is 2.25. The number of benzene rings is 1. The zero-order chi connectivity index (χ0) is 34.7. The Balaban J connectivity index is 2.91. The molecule has 5 N–H and O–H groups in total. The second-order valence-corrected chi connectivity index (χ2v) is 11.3. The van der Waals surface area contributed by atoms with Gasteiger partial charge in [-0.1, -0.05) is 6.92 Å². The van der Waals surface area contributed by atoms with Crippen LogP contribution in [0.2, 0.25) is 0 Å². The van der Waals surface area contributed by atoms with E-state index in [1.807, 2.05) is 0 Å². The molecule has 0 saturated heterocycles. The van der Waals surface area contributed by atoms with Crippen LogP contribution in [0.25, 0.3) is 0 Å². The standard InChI is InChI=1S/C31H49N5O10/c1-8-24(34-21(3)38)27(39)36-25(11-9-10-14-32-20(2)37)28(40)35-22-12-13-23(29(41)43-7)26(19-22)45-18-17-44-16-15-33-30(42)46-31(4,5)6/h12-13,19,24-25H,8-11,14-18H2,1-7H3,(H,32,37)(H,33,42)(H,34,38)(H,35,40)(H,36,39)/t24-,25-/m0/s1. The highest BCUT2D eigenvalue weighted by Gasteiger charge is 2.26. The van der Waals surface area contributed by atoms with Crippen molar-refractivity contribution in [3.05, 3.63) is 23.8 Å². The van der Waals surface area contributed by atoms with Crippen molar-refractivity contribution >= 4 is 41.4 Å². The van der Waals surface area contributed by atoms with Crippen LogP contribution in [0, 0.1) is 0 Å². The van der Waals surface area contributed by atoms with Crippen LogP contribution < -0.4 is 31.3 Å². The molecule has 1 rings (SSSR count). The van der Waals surface area contributed by atoms with Crippen LogP contribution in [0.4, 0.5) is 10.5 Å². The summed E-state index contributed by atoms with van der Waals surface area (Å²) in [5.74, 6) is -2.09. The summed E-state index contributed by atoms with van der Waals surface area (Å²) in [6.07, 6.45) is 1.11. The summed E-state index contributed by atoms with van der Waals surface area (Å²) in [6.45, 7) is 10.7. The van der Waals surface area contributed by atoms with Crippen molar-refractivity contribution in [1.29, 1.82) is 0 Å². The molecule has 1 aromatic carbocycles. The number of hydrogen-bond acceptors (Lipinski definition) is 10. The second-order valence-electron chi connectivity index (χ2n) is 11.3. The van der Waals surface area contributed by atoms with E-state index in [1.165, 1.54) is 39.2 Å². The molecule has 0 spiro atoms. The van der Waals surface area contributed by atoms with E-state index in [0.717, 1.165) is 0 Å². The van der Waals surface area contributed by atoms with Gasteiger partial charge in [-0.15, -0.1) is 0 Å². The van der Waals surface area contributed by atoms with Crippen LogP contribution in [0.5, 0.6) is 5.75 Å². The lowest BCUT2D eigenvalue weighted by Gasteiger charge is -2.22. The zero-order valence-corrected chi connectivity index (χ0v) is 27.8. The number of carbonyl (C=O) groups is 6. The van der Waals surface area contributed by atoms with Gasteiger partial charge in [0, 0.05) is 38.7 Å². The molecule has 46 heavy (non-hydrogen) atoms. The second kappa shape index (κ2) is 20.6. The van der Waals surface area contributed by atoms with E-state index >= 15 is 0 Å². The number of amides is 5. The minimum atomic E-state index is -0.958. The maximum atomic E-state index is 13.4. The Labute approximate surface area is 270 Å². The molecule has 0 fully saturated rings. The fraction of sp³-hybridized carbons (Fsp3) is 0.613. The highest BCUT2D eigenvalue weighted by atomic mass is 16.6. The Hall–Kier alpha value is -4.40. The number of methoxy groups -OCH3 is 1. The summed E-state index contributed by atoms with van der Waals surface area (Å²) in [5, 5.41) is 13.3. The maximum absolute atomic E-state index is 13.4. The number of rotatable bonds is 19. The van der Waals surface area contributed by atoms with Gasteiger partial charge in [0.1, 0.15) is 35.6 Å². The third-order valence-corrected chi connectivity index (χ3v) is 6.08. The SMILES string of the molecule is CC[C@H](NC(C)=O)C(=O)N[C@@H](CCCCNC(C)=O)C(=O)Nc1ccc(C(=O)OC)c(OCCOCCNC(=O)OC(C)(C)C)c1. The first kappa shape index (κ1) is 39.6. The first-order valence-electron chi connectivity index (χ1n) is 15.2. The zero-order valence-electron chi connectivity index (χ0n) is 27.8. The van der Waals surface area contributed by atoms with E-state index in [4.69, 9.17) is 18.9 Å². The molecule has 0 aliphatic carbocycles. The molecule has 0 heterocycles. The summed E-state index contributed by atoms with van der Waals surface area (Å²) in [6, 6.07) is 2.61. The Morgan fingerprint density at radius 3 is 2.15 bits per heavy atom. The lowest BCUT2D eigenvalue weighted by molar-refractivity contribution is -0.130. The molecule has 0 saturated carbocycles. The summed E-state index contributed by atoms with van der Waals surface area (Å²) in [5.41, 5.74) is -0.197. The minimum Gasteiger partial charge on any atom is -0.490 e. The lowest BCUT2D eigenvalue weighted by atomic mass is 10.1. The number of ether oxygens (including phenoxy) is 4. The van der Waals surface area contributed by atoms with Crippen molar-refractivity contribution in [1.82, 2.24) is 21.3 Å². The average molecular weight is 652 g/mol. The van der Waals surface area contributed by atoms with Crippen molar-refractivity contribution in [3.63, 3.8) is 0 Å². The van der Waals surface area contributed by atoms with Gasteiger partial charge in [-0.3, -0.25) is 19.2 Å². The predicted octanol–water partition coefficient (Wildman–Crippen LogP) is 2.04. The molecule has 15 nitrogen and oxygen atoms in total. The number of nitrogens with one attached hydrogen (secondary N) is 5. The van der Waals surface area contributed by atoms with Crippen LogP contribution in [-0.4, -0.2) is 93.4 Å². The molecule has 5 amide bonds. The topological polar surface area (TPSA) is 199 Å². The summed E-state index contributed by atoms with van der Waals surface area (Å²) >= 11 is 0. The van der Waals surface area contributed by atoms with Gasteiger partial charge in [0.15, 0.2) is 0 Å². The highest BCUT2D eigenvalue weighted by molar-refractivity contribution is 5.99. The average Bonchev–Trinajstić information content (AvgIpc) is 2.96. The number of esters is 1. The Kier molecular flexibility index (Phi) is 17.7. The van der Waals surface area contributed by atoms with Crippen molar-refractivity contribution < 1.29 is 47.7 Å². The summed E-state index contributed by atoms with van der Waals surface area (Å²) in [4.78, 5) is 73.0. The Bertz CT molecular complexity index is 1180. The molecule has 0 bridgehead atoms. The first-order chi connectivity index (χ1) is 21.7. The molecule has 0 radical (unpaired) electrons. The van der Waals surface area contributed by atoms with Crippen molar-refractivity contribution in [2.24, 2.45) is 0 Å². The molecule has 258 valence electrons. The van der Waals surface area contributed by atoms with Gasteiger partial charge in [-0.2, -0.15) is 0 Å². The third-order valence-electron chi connectivity index (χ3n) is 6.08. The van der Waals surface area contributed by atoms with Crippen molar-refractivity contribution in [2.45, 2.75) is 84.9 Å². The van der Waals surface area contributed by atoms with Crippen molar-refractivity contribution in [3.8, 4) is 5.75 Å². The van der Waals surface area contributed by atoms with E-state index in [-0.39, 0.29) is 55.9 Å². The first-order valence-corrected chi connectivity index (χ1v) is 15.2. The Morgan fingerprint density at radius 2 is 1.54 bits per heavy atom. The lowest BCUT2D eigenvalue weighted by Crippen LogP contribution is -2.52. The van der Waals surface area contributed by atoms with Crippen LogP contribution in [0.1, 0.15) is 77.6 Å². The van der Waals surface area contributed by atoms with Gasteiger partial charge in [0.05, 0.1) is 20.3 Å². The van der Waals surface area contributed by atoms with Gasteiger partial charge >= 0.3 is 12.1 Å². The molecule has 0 unspecified atom stereocenters. The monoisotopic (exact) mass is 651 g/mol. The van der Waals surface area contributed by atoms with Gasteiger partial charge in [-0.25, -0.2) is 9.59 Å². The normalized spacial score (nSPS) is 12.2. The minimum absolute atomic E-state index is 0.0440. The van der Waals surface area contributed by atoms with E-state index in [9.17, 15) is 28.8 Å². The molecular formula is C31H49N5O10. The van der Waals surface area contributed by atoms with E-state index in [0.29, 0.717) is 31.5 Å². The summed E-state index contributed by atoms with van der Waals surface area (Å²) < 4.78 is 21.2. The Morgan fingerprint density at radius 1 is 0.826 bits per heavy atom. The number of hydrogen-bond donors (Lipinski definition) is 5. The van der Waals surface area contributed by atoms with Crippen LogP contribution in [-0.2, 0) is 33.4 Å². The van der Waals surface area contributed by atoms with Gasteiger partial charge in [-0.05, 0) is 58.6 Å². The maximum Gasteiger partial charge on any atom is 0.407 e. The quantitative estimate of drug-likeness (QED) is 0.109. The summed E-state index contributed by atoms with van der Waals surface area (Å²) in [7, 11) is 1.23. The van der Waals surface area contributed by atoms with Crippen LogP contribution in [0.15, 0.2) is 18.2 Å². The number of unbranched alkanes of at least 4 members (excludes halogenated alkanes) is 1. The van der Waals surface area contributed by atoms with Gasteiger partial charge in [0.25, 0.3) is 0 Å². The fourth-order valence-electron chi connectivity index (χ4n) is 3.96. The number of carbonyl (C=O) groups excluding carboxylic acids is 6. The fourth-order valence-corrected chi connectivity index (χ4v) is 3.96. The van der Waals surface area contributed by atoms with E-state index < -0.39 is 41.6 Å². The largest absolute Gasteiger partial charge is 0.490 e. The van der Waals surface area contributed by atoms with Crippen LogP contribution >= 0.6 is 0 Å². The molecule has 0 aromatic heterocycles. The third kappa shape index (κ3) is 16.6. The van der Waals surface area contributed by atoms with Crippen LogP contribution in [0.3, 0.4) is 0 Å². The molecule has 0 aliphatic heterocycles. The number of alkyl carbamates (subject to hydrolysis) is 1. The number of anilines is 1. The van der Waals surface area contributed by atoms with Gasteiger partial charge < -0.3 is 45.5 Å². The van der Waals surface area contributed by atoms with E-state index in [1.54, 1.807) is 27.7 Å². The smallest absolute Gasteiger partial charge is 0.407 e. The van der Waals surface area contributed by atoms with Gasteiger partial charge in [0.2, 0.25) is 23.6 Å². The molecule has 15 heteroatoms. The molecule has 2 atom stereocenters. The molecule has 1 aromatic rings.